The highest BCUT2D eigenvalue weighted by Gasteiger charge is 1.91. The molecule has 0 aromatic carbocycles. The molecular formula is C8H13N3. The molecule has 0 aliphatic heterocycles. The first-order valence-electron chi connectivity index (χ1n) is 3.62. The maximum absolute atomic E-state index is 5.54. The van der Waals surface area contributed by atoms with Gasteiger partial charge in [-0.15, -0.1) is 0 Å². The van der Waals surface area contributed by atoms with Crippen LogP contribution in [0.3, 0.4) is 0 Å². The highest BCUT2D eigenvalue weighted by molar-refractivity contribution is 5.44. The van der Waals surface area contributed by atoms with Crippen molar-refractivity contribution in [1.29, 1.82) is 0 Å². The van der Waals surface area contributed by atoms with Crippen LogP contribution in [0.2, 0.25) is 0 Å². The average molecular weight is 151 g/mol. The second kappa shape index (κ2) is 3.34. The monoisotopic (exact) mass is 151 g/mol. The highest BCUT2D eigenvalue weighted by Crippen LogP contribution is 1.99. The first-order valence-corrected chi connectivity index (χ1v) is 3.62. The minimum Gasteiger partial charge on any atom is -0.325 e. The van der Waals surface area contributed by atoms with Crippen molar-refractivity contribution in [1.82, 2.24) is 9.78 Å². The molecule has 0 fully saturated rings. The number of nitrogens with two attached hydrogens (primary N) is 1. The third-order valence-electron chi connectivity index (χ3n) is 1.43. The fourth-order valence-electron chi connectivity index (χ4n) is 0.798. The summed E-state index contributed by atoms with van der Waals surface area (Å²) in [5.74, 6) is 0. The molecule has 0 aliphatic rings. The van der Waals surface area contributed by atoms with E-state index in [1.54, 1.807) is 10.9 Å². The third-order valence-corrected chi connectivity index (χ3v) is 1.43. The van der Waals surface area contributed by atoms with E-state index in [0.29, 0.717) is 0 Å². The van der Waals surface area contributed by atoms with Crippen molar-refractivity contribution < 1.29 is 0 Å². The van der Waals surface area contributed by atoms with Crippen molar-refractivity contribution in [2.24, 2.45) is 12.8 Å². The lowest BCUT2D eigenvalue weighted by molar-refractivity contribution is 0.759. The molecule has 3 heteroatoms. The summed E-state index contributed by atoms with van der Waals surface area (Å²) in [6.45, 7) is 1.94. The molecule has 2 N–H and O–H groups in total. The van der Waals surface area contributed by atoms with Gasteiger partial charge in [-0.25, -0.2) is 0 Å². The summed E-state index contributed by atoms with van der Waals surface area (Å²) in [6, 6.07) is 2.05. The minimum atomic E-state index is 0.102. The zero-order chi connectivity index (χ0) is 8.27. The van der Waals surface area contributed by atoms with Gasteiger partial charge in [0.15, 0.2) is 0 Å². The smallest absolute Gasteiger partial charge is 0.0603 e. The number of hydrogen-bond acceptors (Lipinski definition) is 2. The quantitative estimate of drug-likeness (QED) is 0.678. The molecule has 0 aliphatic carbocycles. The predicted octanol–water partition coefficient (Wildman–Crippen LogP) is 0.781. The summed E-state index contributed by atoms with van der Waals surface area (Å²) in [5.41, 5.74) is 6.61. The second-order valence-corrected chi connectivity index (χ2v) is 2.60. The molecule has 0 bridgehead atoms. The van der Waals surface area contributed by atoms with Gasteiger partial charge in [-0.2, -0.15) is 5.10 Å². The van der Waals surface area contributed by atoms with Gasteiger partial charge < -0.3 is 5.73 Å². The van der Waals surface area contributed by atoms with Crippen molar-refractivity contribution in [3.8, 4) is 0 Å². The van der Waals surface area contributed by atoms with E-state index in [1.807, 2.05) is 32.2 Å². The molecule has 0 amide bonds. The van der Waals surface area contributed by atoms with Crippen molar-refractivity contribution in [2.45, 2.75) is 13.0 Å². The Bertz CT molecular complexity index is 248. The fourth-order valence-corrected chi connectivity index (χ4v) is 0.798. The van der Waals surface area contributed by atoms with E-state index in [0.717, 1.165) is 5.69 Å². The van der Waals surface area contributed by atoms with E-state index in [4.69, 9.17) is 5.73 Å². The van der Waals surface area contributed by atoms with Crippen LogP contribution < -0.4 is 5.73 Å². The molecule has 0 radical (unpaired) electrons. The van der Waals surface area contributed by atoms with E-state index in [2.05, 4.69) is 5.10 Å². The standard InChI is InChI=1S/C8H13N3/c1-7(9)3-4-8-5-6-10-11(8)2/h3-7H,9H2,1-2H3/b4-3+. The zero-order valence-corrected chi connectivity index (χ0v) is 6.86. The topological polar surface area (TPSA) is 43.8 Å². The van der Waals surface area contributed by atoms with Gasteiger partial charge in [0.2, 0.25) is 0 Å². The summed E-state index contributed by atoms with van der Waals surface area (Å²) < 4.78 is 1.80. The molecular weight excluding hydrogens is 138 g/mol. The summed E-state index contributed by atoms with van der Waals surface area (Å²) in [4.78, 5) is 0. The van der Waals surface area contributed by atoms with E-state index in [-0.39, 0.29) is 6.04 Å². The first-order chi connectivity index (χ1) is 5.20. The van der Waals surface area contributed by atoms with Crippen LogP contribution in [0.15, 0.2) is 18.3 Å². The van der Waals surface area contributed by atoms with Gasteiger partial charge in [0.05, 0.1) is 5.69 Å². The van der Waals surface area contributed by atoms with Gasteiger partial charge in [-0.1, -0.05) is 6.08 Å². The van der Waals surface area contributed by atoms with E-state index in [1.165, 1.54) is 0 Å². The fraction of sp³-hybridized carbons (Fsp3) is 0.375. The molecule has 1 aromatic heterocycles. The Kier molecular flexibility index (Phi) is 2.44. The van der Waals surface area contributed by atoms with Gasteiger partial charge in [0.25, 0.3) is 0 Å². The first kappa shape index (κ1) is 8.01. The number of aromatic nitrogens is 2. The minimum absolute atomic E-state index is 0.102. The Labute approximate surface area is 66.5 Å². The Hall–Kier alpha value is -1.09. The van der Waals surface area contributed by atoms with Gasteiger partial charge in [-0.05, 0) is 19.1 Å². The molecule has 0 saturated heterocycles. The maximum Gasteiger partial charge on any atom is 0.0603 e. The molecule has 11 heavy (non-hydrogen) atoms. The van der Waals surface area contributed by atoms with E-state index >= 15 is 0 Å². The second-order valence-electron chi connectivity index (χ2n) is 2.60. The van der Waals surface area contributed by atoms with Crippen LogP contribution >= 0.6 is 0 Å². The maximum atomic E-state index is 5.54. The van der Waals surface area contributed by atoms with Gasteiger partial charge in [-0.3, -0.25) is 4.68 Å². The van der Waals surface area contributed by atoms with Crippen molar-refractivity contribution in [3.63, 3.8) is 0 Å². The van der Waals surface area contributed by atoms with Crippen molar-refractivity contribution in [2.75, 3.05) is 0 Å². The number of aryl methyl sites for hydroxylation is 1. The number of hydrogen-bond donors (Lipinski definition) is 1. The van der Waals surface area contributed by atoms with Crippen LogP contribution in [0.4, 0.5) is 0 Å². The lowest BCUT2D eigenvalue weighted by atomic mass is 10.3. The molecule has 0 saturated carbocycles. The van der Waals surface area contributed by atoms with Gasteiger partial charge in [0, 0.05) is 19.3 Å². The van der Waals surface area contributed by atoms with Crippen LogP contribution in [-0.4, -0.2) is 15.8 Å². The molecule has 1 aromatic rings. The highest BCUT2D eigenvalue weighted by atomic mass is 15.2. The Morgan fingerprint density at radius 1 is 1.73 bits per heavy atom. The Balaban J connectivity index is 2.71. The lowest BCUT2D eigenvalue weighted by Gasteiger charge is -1.95. The number of rotatable bonds is 2. The van der Waals surface area contributed by atoms with Crippen LogP contribution in [0, 0.1) is 0 Å². The van der Waals surface area contributed by atoms with Gasteiger partial charge in [0.1, 0.15) is 0 Å². The van der Waals surface area contributed by atoms with Crippen LogP contribution in [0.25, 0.3) is 6.08 Å². The van der Waals surface area contributed by atoms with E-state index in [9.17, 15) is 0 Å². The van der Waals surface area contributed by atoms with Gasteiger partial charge >= 0.3 is 0 Å². The zero-order valence-electron chi connectivity index (χ0n) is 6.86. The molecule has 3 nitrogen and oxygen atoms in total. The summed E-state index contributed by atoms with van der Waals surface area (Å²) in [6.07, 6.45) is 5.68. The molecule has 1 atom stereocenters. The Morgan fingerprint density at radius 2 is 2.45 bits per heavy atom. The van der Waals surface area contributed by atoms with E-state index < -0.39 is 0 Å². The largest absolute Gasteiger partial charge is 0.325 e. The molecule has 1 heterocycles. The number of nitrogens with zero attached hydrogens (tertiary/aromatic N) is 2. The normalized spacial score (nSPS) is 14.1. The third kappa shape index (κ3) is 2.20. The molecule has 0 spiro atoms. The lowest BCUT2D eigenvalue weighted by Crippen LogP contribution is -2.10. The van der Waals surface area contributed by atoms with Crippen LogP contribution in [-0.2, 0) is 7.05 Å². The molecule has 1 rings (SSSR count). The summed E-state index contributed by atoms with van der Waals surface area (Å²) >= 11 is 0. The predicted molar refractivity (Wildman–Crippen MR) is 45.9 cm³/mol. The van der Waals surface area contributed by atoms with Crippen LogP contribution in [0.5, 0.6) is 0 Å². The average Bonchev–Trinajstić information content (AvgIpc) is 2.31. The summed E-state index contributed by atoms with van der Waals surface area (Å²) in [5, 5.41) is 4.02. The SMILES string of the molecule is CC(N)/C=C/c1ccnn1C. The van der Waals surface area contributed by atoms with Crippen molar-refractivity contribution >= 4 is 6.08 Å². The summed E-state index contributed by atoms with van der Waals surface area (Å²) in [7, 11) is 1.90. The Morgan fingerprint density at radius 3 is 2.91 bits per heavy atom. The molecule has 60 valence electrons. The molecule has 1 unspecified atom stereocenters. The van der Waals surface area contributed by atoms with Crippen molar-refractivity contribution in [3.05, 3.63) is 24.0 Å². The van der Waals surface area contributed by atoms with Crippen LogP contribution in [0.1, 0.15) is 12.6 Å².